The molecule has 5 nitrogen and oxygen atoms in total. The molecular weight excluding hydrogens is 382 g/mol. The number of hydrogen-bond donors (Lipinski definition) is 2. The summed E-state index contributed by atoms with van der Waals surface area (Å²) >= 11 is 1.72. The monoisotopic (exact) mass is 413 g/mol. The summed E-state index contributed by atoms with van der Waals surface area (Å²) in [4.78, 5) is 28.9. The van der Waals surface area contributed by atoms with E-state index in [-0.39, 0.29) is 30.4 Å². The Hall–Kier alpha value is -2.18. The molecule has 0 bridgehead atoms. The van der Waals surface area contributed by atoms with Gasteiger partial charge in [-0.2, -0.15) is 0 Å². The third kappa shape index (κ3) is 5.90. The minimum atomic E-state index is -0.109. The summed E-state index contributed by atoms with van der Waals surface area (Å²) in [6, 6.07) is 9.84. The summed E-state index contributed by atoms with van der Waals surface area (Å²) in [7, 11) is 0. The molecule has 0 saturated heterocycles. The molecule has 156 valence electrons. The maximum Gasteiger partial charge on any atom is 0.253 e. The topological polar surface area (TPSA) is 61.4 Å². The van der Waals surface area contributed by atoms with Crippen LogP contribution in [0.3, 0.4) is 0 Å². The van der Waals surface area contributed by atoms with Gasteiger partial charge in [-0.15, -0.1) is 11.3 Å². The van der Waals surface area contributed by atoms with Crippen molar-refractivity contribution in [3.63, 3.8) is 0 Å². The molecule has 1 aliphatic carbocycles. The maximum atomic E-state index is 12.8. The van der Waals surface area contributed by atoms with Gasteiger partial charge >= 0.3 is 0 Å². The number of benzene rings is 1. The van der Waals surface area contributed by atoms with E-state index >= 15 is 0 Å². The molecule has 2 aromatic rings. The quantitative estimate of drug-likeness (QED) is 0.666. The Balaban J connectivity index is 1.64. The van der Waals surface area contributed by atoms with E-state index in [4.69, 9.17) is 0 Å². The Morgan fingerprint density at radius 1 is 1.17 bits per heavy atom. The van der Waals surface area contributed by atoms with E-state index in [9.17, 15) is 9.59 Å². The van der Waals surface area contributed by atoms with Crippen LogP contribution in [0.15, 0.2) is 35.7 Å². The van der Waals surface area contributed by atoms with Crippen LogP contribution in [0.2, 0.25) is 0 Å². The van der Waals surface area contributed by atoms with Crippen LogP contribution in [0.4, 0.5) is 5.69 Å². The molecule has 1 aromatic carbocycles. The first-order valence-electron chi connectivity index (χ1n) is 10.4. The number of amides is 2. The predicted molar refractivity (Wildman–Crippen MR) is 119 cm³/mol. The molecule has 0 atom stereocenters. The molecular formula is C23H31N3O2S. The second-order valence-electron chi connectivity index (χ2n) is 8.07. The van der Waals surface area contributed by atoms with Gasteiger partial charge in [-0.25, -0.2) is 0 Å². The van der Waals surface area contributed by atoms with Gasteiger partial charge in [-0.3, -0.25) is 14.5 Å². The van der Waals surface area contributed by atoms with E-state index in [0.717, 1.165) is 32.2 Å². The normalized spacial score (nSPS) is 14.5. The molecule has 1 heterocycles. The fourth-order valence-corrected chi connectivity index (χ4v) is 4.60. The Labute approximate surface area is 177 Å². The number of nitrogens with zero attached hydrogens (tertiary/aromatic N) is 1. The number of hydrogen-bond acceptors (Lipinski definition) is 4. The van der Waals surface area contributed by atoms with E-state index in [2.05, 4.69) is 47.8 Å². The minimum Gasteiger partial charge on any atom is -0.349 e. The molecule has 29 heavy (non-hydrogen) atoms. The standard InChI is InChI=1S/C23H31N3O2S/c1-16(2)26(14-21-17(3)12-13-29-21)15-22(27)25-20-11-7-6-10-19(20)23(28)24-18-8-4-5-9-18/h6-7,10-13,16,18H,4-5,8-9,14-15H2,1-3H3,(H,24,28)(H,25,27). The van der Waals surface area contributed by atoms with Crippen LogP contribution in [0.1, 0.15) is 60.3 Å². The van der Waals surface area contributed by atoms with Crippen molar-refractivity contribution in [1.29, 1.82) is 0 Å². The van der Waals surface area contributed by atoms with Crippen LogP contribution in [0, 0.1) is 6.92 Å². The Bertz CT molecular complexity index is 840. The lowest BCUT2D eigenvalue weighted by Gasteiger charge is -2.26. The molecule has 1 fully saturated rings. The van der Waals surface area contributed by atoms with Crippen molar-refractivity contribution in [1.82, 2.24) is 10.2 Å². The summed E-state index contributed by atoms with van der Waals surface area (Å²) in [5, 5.41) is 8.15. The second-order valence-corrected chi connectivity index (χ2v) is 9.07. The van der Waals surface area contributed by atoms with Gasteiger partial charge in [0.1, 0.15) is 0 Å². The first-order valence-corrected chi connectivity index (χ1v) is 11.3. The lowest BCUT2D eigenvalue weighted by atomic mass is 10.1. The van der Waals surface area contributed by atoms with Gasteiger partial charge in [-0.1, -0.05) is 25.0 Å². The lowest BCUT2D eigenvalue weighted by Crippen LogP contribution is -2.38. The SMILES string of the molecule is Cc1ccsc1CN(CC(=O)Nc1ccccc1C(=O)NC1CCCC1)C(C)C. The minimum absolute atomic E-state index is 0.103. The lowest BCUT2D eigenvalue weighted by molar-refractivity contribution is -0.117. The van der Waals surface area contributed by atoms with Crippen molar-refractivity contribution in [2.45, 2.75) is 65.1 Å². The van der Waals surface area contributed by atoms with Crippen molar-refractivity contribution in [3.05, 3.63) is 51.7 Å². The zero-order valence-electron chi connectivity index (χ0n) is 17.5. The summed E-state index contributed by atoms with van der Waals surface area (Å²) in [6.45, 7) is 7.33. The second kappa shape index (κ2) is 10.0. The fourth-order valence-electron chi connectivity index (χ4n) is 3.67. The number of nitrogens with one attached hydrogen (secondary N) is 2. The number of aryl methyl sites for hydroxylation is 1. The molecule has 1 aromatic heterocycles. The van der Waals surface area contributed by atoms with Crippen LogP contribution >= 0.6 is 11.3 Å². The number of thiophene rings is 1. The van der Waals surface area contributed by atoms with E-state index < -0.39 is 0 Å². The smallest absolute Gasteiger partial charge is 0.253 e. The summed E-state index contributed by atoms with van der Waals surface area (Å²) in [5.74, 6) is -0.211. The number of carbonyl (C=O) groups excluding carboxylic acids is 2. The van der Waals surface area contributed by atoms with Crippen molar-refractivity contribution in [2.24, 2.45) is 0 Å². The molecule has 1 saturated carbocycles. The Morgan fingerprint density at radius 3 is 2.55 bits per heavy atom. The number of carbonyl (C=O) groups is 2. The van der Waals surface area contributed by atoms with Crippen LogP contribution in [-0.2, 0) is 11.3 Å². The maximum absolute atomic E-state index is 12.8. The third-order valence-corrected chi connectivity index (χ3v) is 6.54. The predicted octanol–water partition coefficient (Wildman–Crippen LogP) is 4.58. The van der Waals surface area contributed by atoms with Gasteiger partial charge < -0.3 is 10.6 Å². The molecule has 0 radical (unpaired) electrons. The van der Waals surface area contributed by atoms with Crippen molar-refractivity contribution in [2.75, 3.05) is 11.9 Å². The number of para-hydroxylation sites is 1. The molecule has 0 spiro atoms. The average Bonchev–Trinajstić information content (AvgIpc) is 3.33. The van der Waals surface area contributed by atoms with Crippen molar-refractivity contribution < 1.29 is 9.59 Å². The summed E-state index contributed by atoms with van der Waals surface area (Å²) in [5.41, 5.74) is 2.36. The van der Waals surface area contributed by atoms with Crippen LogP contribution < -0.4 is 10.6 Å². The van der Waals surface area contributed by atoms with Gasteiger partial charge in [0.25, 0.3) is 5.91 Å². The first-order chi connectivity index (χ1) is 13.9. The highest BCUT2D eigenvalue weighted by Crippen LogP contribution is 2.21. The fraction of sp³-hybridized carbons (Fsp3) is 0.478. The van der Waals surface area contributed by atoms with Crippen LogP contribution in [0.5, 0.6) is 0 Å². The molecule has 0 unspecified atom stereocenters. The van der Waals surface area contributed by atoms with Gasteiger partial charge in [0.15, 0.2) is 0 Å². The highest BCUT2D eigenvalue weighted by Gasteiger charge is 2.21. The zero-order valence-corrected chi connectivity index (χ0v) is 18.3. The first kappa shape index (κ1) is 21.5. The van der Waals surface area contributed by atoms with Gasteiger partial charge in [0.05, 0.1) is 17.8 Å². The Morgan fingerprint density at radius 2 is 1.90 bits per heavy atom. The van der Waals surface area contributed by atoms with E-state index in [1.165, 1.54) is 10.4 Å². The van der Waals surface area contributed by atoms with Crippen molar-refractivity contribution >= 4 is 28.8 Å². The van der Waals surface area contributed by atoms with E-state index in [0.29, 0.717) is 11.3 Å². The molecule has 1 aliphatic rings. The molecule has 2 N–H and O–H groups in total. The Kier molecular flexibility index (Phi) is 7.45. The number of rotatable bonds is 8. The summed E-state index contributed by atoms with van der Waals surface area (Å²) in [6.07, 6.45) is 4.40. The highest BCUT2D eigenvalue weighted by molar-refractivity contribution is 7.10. The van der Waals surface area contributed by atoms with Gasteiger partial charge in [0, 0.05) is 23.5 Å². The zero-order chi connectivity index (χ0) is 20.8. The highest BCUT2D eigenvalue weighted by atomic mass is 32.1. The van der Waals surface area contributed by atoms with Crippen LogP contribution in [-0.4, -0.2) is 35.3 Å². The largest absolute Gasteiger partial charge is 0.349 e. The molecule has 6 heteroatoms. The van der Waals surface area contributed by atoms with E-state index in [1.54, 1.807) is 23.5 Å². The molecule has 3 rings (SSSR count). The van der Waals surface area contributed by atoms with E-state index in [1.807, 2.05) is 12.1 Å². The summed E-state index contributed by atoms with van der Waals surface area (Å²) < 4.78 is 0. The van der Waals surface area contributed by atoms with Gasteiger partial charge in [0.2, 0.25) is 5.91 Å². The van der Waals surface area contributed by atoms with Crippen molar-refractivity contribution in [3.8, 4) is 0 Å². The molecule has 2 amide bonds. The molecule has 0 aliphatic heterocycles. The third-order valence-electron chi connectivity index (χ3n) is 5.53. The van der Waals surface area contributed by atoms with Crippen LogP contribution in [0.25, 0.3) is 0 Å². The average molecular weight is 414 g/mol. The van der Waals surface area contributed by atoms with Gasteiger partial charge in [-0.05, 0) is 62.8 Å². The number of anilines is 1.